The molecule has 1 aromatic carbocycles. The molecule has 0 fully saturated rings. The summed E-state index contributed by atoms with van der Waals surface area (Å²) in [6.07, 6.45) is 0.780. The molecule has 1 amide bonds. The van der Waals surface area contributed by atoms with Crippen molar-refractivity contribution >= 4 is 35.8 Å². The predicted molar refractivity (Wildman–Crippen MR) is 96.1 cm³/mol. The molecule has 0 aromatic heterocycles. The van der Waals surface area contributed by atoms with E-state index in [0.717, 1.165) is 11.3 Å². The van der Waals surface area contributed by atoms with Gasteiger partial charge in [0.2, 0.25) is 5.91 Å². The summed E-state index contributed by atoms with van der Waals surface area (Å²) in [6, 6.07) is 6.30. The van der Waals surface area contributed by atoms with Gasteiger partial charge in [0, 0.05) is 36.7 Å². The number of rotatable bonds is 8. The second-order valence-electron chi connectivity index (χ2n) is 5.55. The Morgan fingerprint density at radius 2 is 1.91 bits per heavy atom. The van der Waals surface area contributed by atoms with E-state index >= 15 is 0 Å². The molecule has 0 spiro atoms. The van der Waals surface area contributed by atoms with Crippen molar-refractivity contribution < 1.29 is 9.72 Å². The summed E-state index contributed by atoms with van der Waals surface area (Å²) >= 11 is 1.37. The molecule has 0 heterocycles. The molecule has 8 heteroatoms. The molecular weight excluding hydrogens is 338 g/mol. The maximum Gasteiger partial charge on any atom is 0.269 e. The van der Waals surface area contributed by atoms with Crippen molar-refractivity contribution in [2.24, 2.45) is 11.7 Å². The summed E-state index contributed by atoms with van der Waals surface area (Å²) in [5.41, 5.74) is 6.02. The van der Waals surface area contributed by atoms with Crippen LogP contribution in [0, 0.1) is 16.0 Å². The first-order valence-electron chi connectivity index (χ1n) is 7.18. The minimum atomic E-state index is -0.439. The number of non-ortho nitro benzene ring substituents is 1. The zero-order valence-electron chi connectivity index (χ0n) is 13.6. The molecule has 0 aliphatic rings. The number of carbonyl (C=O) groups excluding carboxylic acids is 1. The lowest BCUT2D eigenvalue weighted by Crippen LogP contribution is -2.35. The van der Waals surface area contributed by atoms with Crippen molar-refractivity contribution in [1.82, 2.24) is 4.90 Å². The van der Waals surface area contributed by atoms with Crippen LogP contribution in [0.1, 0.15) is 20.3 Å². The Morgan fingerprint density at radius 3 is 2.39 bits per heavy atom. The fourth-order valence-corrected chi connectivity index (χ4v) is 2.56. The second kappa shape index (κ2) is 10.5. The number of hydrogen-bond donors (Lipinski definition) is 1. The zero-order valence-corrected chi connectivity index (χ0v) is 15.2. The third-order valence-corrected chi connectivity index (χ3v) is 4.49. The molecule has 1 atom stereocenters. The monoisotopic (exact) mass is 361 g/mol. The first kappa shape index (κ1) is 21.7. The van der Waals surface area contributed by atoms with Crippen LogP contribution in [-0.4, -0.2) is 41.1 Å². The molecule has 1 rings (SSSR count). The maximum atomic E-state index is 12.0. The van der Waals surface area contributed by atoms with E-state index < -0.39 is 4.92 Å². The van der Waals surface area contributed by atoms with E-state index in [2.05, 4.69) is 13.8 Å². The number of hydrogen-bond acceptors (Lipinski definition) is 5. The molecule has 0 bridgehead atoms. The lowest BCUT2D eigenvalue weighted by atomic mass is 10.0. The second-order valence-corrected chi connectivity index (χ2v) is 6.60. The van der Waals surface area contributed by atoms with E-state index in [4.69, 9.17) is 5.73 Å². The average Bonchev–Trinajstić information content (AvgIpc) is 2.49. The Hall–Kier alpha value is -1.31. The number of nitrogens with two attached hydrogens (primary N) is 1. The quantitative estimate of drug-likeness (QED) is 0.436. The first-order chi connectivity index (χ1) is 10.3. The van der Waals surface area contributed by atoms with E-state index in [9.17, 15) is 14.9 Å². The number of carbonyl (C=O) groups is 1. The third kappa shape index (κ3) is 7.67. The van der Waals surface area contributed by atoms with Crippen LogP contribution < -0.4 is 5.73 Å². The molecule has 23 heavy (non-hydrogen) atoms. The van der Waals surface area contributed by atoms with Gasteiger partial charge in [0.25, 0.3) is 5.69 Å². The van der Waals surface area contributed by atoms with E-state index in [1.807, 2.05) is 0 Å². The molecule has 0 saturated carbocycles. The Balaban J connectivity index is 0.00000484. The number of nitro groups is 1. The van der Waals surface area contributed by atoms with Crippen LogP contribution in [0.3, 0.4) is 0 Å². The van der Waals surface area contributed by atoms with E-state index in [0.29, 0.717) is 18.2 Å². The van der Waals surface area contributed by atoms with Crippen LogP contribution in [0.4, 0.5) is 5.69 Å². The highest BCUT2D eigenvalue weighted by atomic mass is 35.5. The van der Waals surface area contributed by atoms with Gasteiger partial charge in [-0.2, -0.15) is 0 Å². The number of halogens is 1. The van der Waals surface area contributed by atoms with Gasteiger partial charge in [-0.15, -0.1) is 24.2 Å². The van der Waals surface area contributed by atoms with Crippen LogP contribution in [0.15, 0.2) is 29.2 Å². The highest BCUT2D eigenvalue weighted by Crippen LogP contribution is 2.21. The fourth-order valence-electron chi connectivity index (χ4n) is 1.72. The molecule has 0 aliphatic heterocycles. The van der Waals surface area contributed by atoms with Gasteiger partial charge in [-0.1, -0.05) is 13.8 Å². The van der Waals surface area contributed by atoms with Crippen molar-refractivity contribution in [3.8, 4) is 0 Å². The van der Waals surface area contributed by atoms with Gasteiger partial charge in [-0.25, -0.2) is 0 Å². The van der Waals surface area contributed by atoms with E-state index in [1.165, 1.54) is 23.9 Å². The maximum absolute atomic E-state index is 12.0. The van der Waals surface area contributed by atoms with Crippen LogP contribution in [-0.2, 0) is 4.79 Å². The Bertz CT molecular complexity index is 511. The minimum Gasteiger partial charge on any atom is -0.345 e. The van der Waals surface area contributed by atoms with E-state index in [-0.39, 0.29) is 30.0 Å². The lowest BCUT2D eigenvalue weighted by Gasteiger charge is -2.21. The van der Waals surface area contributed by atoms with Crippen molar-refractivity contribution in [3.63, 3.8) is 0 Å². The van der Waals surface area contributed by atoms with E-state index in [1.54, 1.807) is 24.1 Å². The summed E-state index contributed by atoms with van der Waals surface area (Å²) < 4.78 is 0. The number of nitro benzene ring substituents is 1. The van der Waals surface area contributed by atoms with Crippen LogP contribution in [0.5, 0.6) is 0 Å². The Kier molecular flexibility index (Phi) is 9.87. The van der Waals surface area contributed by atoms with Gasteiger partial charge in [0.1, 0.15) is 0 Å². The summed E-state index contributed by atoms with van der Waals surface area (Å²) in [6.45, 7) is 4.77. The molecule has 0 saturated heterocycles. The standard InChI is InChI=1S/C15H23N3O3S.ClH/c1-11(2)14(16)8-9-17(3)15(19)10-22-13-6-4-12(5-7-13)18(20)21;/h4-7,11,14H,8-10,16H2,1-3H3;1H. The Morgan fingerprint density at radius 1 is 1.35 bits per heavy atom. The van der Waals surface area contributed by atoms with Crippen molar-refractivity contribution in [2.45, 2.75) is 31.2 Å². The van der Waals surface area contributed by atoms with Crippen molar-refractivity contribution in [1.29, 1.82) is 0 Å². The molecule has 6 nitrogen and oxygen atoms in total. The molecule has 1 aromatic rings. The van der Waals surface area contributed by atoms with Gasteiger partial charge in [-0.3, -0.25) is 14.9 Å². The smallest absolute Gasteiger partial charge is 0.269 e. The molecule has 130 valence electrons. The number of nitrogens with zero attached hydrogens (tertiary/aromatic N) is 2. The molecular formula is C15H24ClN3O3S. The van der Waals surface area contributed by atoms with Crippen LogP contribution in [0.2, 0.25) is 0 Å². The summed E-state index contributed by atoms with van der Waals surface area (Å²) in [5.74, 6) is 0.739. The normalized spacial score (nSPS) is 11.7. The van der Waals surface area contributed by atoms with Crippen LogP contribution >= 0.6 is 24.2 Å². The van der Waals surface area contributed by atoms with Crippen molar-refractivity contribution in [3.05, 3.63) is 34.4 Å². The van der Waals surface area contributed by atoms with Gasteiger partial charge in [-0.05, 0) is 24.5 Å². The van der Waals surface area contributed by atoms with Gasteiger partial charge >= 0.3 is 0 Å². The number of thioether (sulfide) groups is 1. The zero-order chi connectivity index (χ0) is 16.7. The number of amides is 1. The predicted octanol–water partition coefficient (Wildman–Crippen LogP) is 2.94. The molecule has 1 unspecified atom stereocenters. The first-order valence-corrected chi connectivity index (χ1v) is 8.16. The fraction of sp³-hybridized carbons (Fsp3) is 0.533. The number of benzene rings is 1. The van der Waals surface area contributed by atoms with Crippen molar-refractivity contribution in [2.75, 3.05) is 19.3 Å². The lowest BCUT2D eigenvalue weighted by molar-refractivity contribution is -0.384. The molecule has 0 aliphatic carbocycles. The third-order valence-electron chi connectivity index (χ3n) is 3.49. The van der Waals surface area contributed by atoms with Gasteiger partial charge < -0.3 is 10.6 Å². The summed E-state index contributed by atoms with van der Waals surface area (Å²) in [7, 11) is 1.77. The average molecular weight is 362 g/mol. The topological polar surface area (TPSA) is 89.5 Å². The Labute approximate surface area is 147 Å². The summed E-state index contributed by atoms with van der Waals surface area (Å²) in [5, 5.41) is 10.6. The summed E-state index contributed by atoms with van der Waals surface area (Å²) in [4.78, 5) is 24.7. The highest BCUT2D eigenvalue weighted by molar-refractivity contribution is 8.00. The van der Waals surface area contributed by atoms with Gasteiger partial charge in [0.05, 0.1) is 10.7 Å². The molecule has 0 radical (unpaired) electrons. The van der Waals surface area contributed by atoms with Gasteiger partial charge in [0.15, 0.2) is 0 Å². The molecule has 2 N–H and O–H groups in total. The largest absolute Gasteiger partial charge is 0.345 e. The van der Waals surface area contributed by atoms with Crippen LogP contribution in [0.25, 0.3) is 0 Å². The highest BCUT2D eigenvalue weighted by Gasteiger charge is 2.13. The SMILES string of the molecule is CC(C)C(N)CCN(C)C(=O)CSc1ccc([N+](=O)[O-])cc1.Cl. The minimum absolute atomic E-state index is 0.